The summed E-state index contributed by atoms with van der Waals surface area (Å²) in [6, 6.07) is 13.3. The number of anilines is 1. The van der Waals surface area contributed by atoms with Gasteiger partial charge in [0.1, 0.15) is 18.4 Å². The second-order valence-electron chi connectivity index (χ2n) is 7.91. The van der Waals surface area contributed by atoms with Crippen molar-refractivity contribution in [2.24, 2.45) is 0 Å². The lowest BCUT2D eigenvalue weighted by molar-refractivity contribution is -0.120. The zero-order valence-corrected chi connectivity index (χ0v) is 18.6. The number of benzene rings is 3. The van der Waals surface area contributed by atoms with Gasteiger partial charge in [-0.2, -0.15) is 8.78 Å². The first-order valence-electron chi connectivity index (χ1n) is 10.8. The molecule has 1 saturated heterocycles. The zero-order valence-electron chi connectivity index (χ0n) is 18.6. The van der Waals surface area contributed by atoms with E-state index in [0.29, 0.717) is 19.4 Å². The molecule has 4 rings (SSSR count). The minimum Gasteiger partial charge on any atom is -0.451 e. The molecule has 1 aliphatic heterocycles. The third-order valence-corrected chi connectivity index (χ3v) is 5.49. The average Bonchev–Trinajstić information content (AvgIpc) is 3.39. The van der Waals surface area contributed by atoms with Crippen molar-refractivity contribution in [1.29, 1.82) is 0 Å². The summed E-state index contributed by atoms with van der Waals surface area (Å²) in [5, 5.41) is 2.57. The lowest BCUT2D eigenvalue weighted by Crippen LogP contribution is -2.43. The van der Waals surface area contributed by atoms with Gasteiger partial charge >= 0.3 is 6.09 Å². The van der Waals surface area contributed by atoms with Crippen molar-refractivity contribution in [3.05, 3.63) is 89.2 Å². The van der Waals surface area contributed by atoms with Gasteiger partial charge in [-0.1, -0.05) is 36.4 Å². The number of likely N-dealkylation sites (tertiary alicyclic amines) is 1. The second kappa shape index (κ2) is 10.6. The molecule has 0 saturated carbocycles. The fraction of sp³-hybridized carbons (Fsp3) is 0.200. The van der Waals surface area contributed by atoms with E-state index in [1.165, 1.54) is 23.1 Å². The van der Waals surface area contributed by atoms with Crippen LogP contribution in [0.25, 0.3) is 0 Å². The third kappa shape index (κ3) is 5.24. The molecule has 0 bridgehead atoms. The topological polar surface area (TPSA) is 67.9 Å². The van der Waals surface area contributed by atoms with E-state index >= 15 is 0 Å². The molecule has 3 aromatic rings. The van der Waals surface area contributed by atoms with Crippen molar-refractivity contribution in [3.63, 3.8) is 0 Å². The van der Waals surface area contributed by atoms with Crippen LogP contribution in [0.5, 0.6) is 11.5 Å². The monoisotopic (exact) mass is 506 g/mol. The Bertz CT molecular complexity index is 1260. The predicted molar refractivity (Wildman–Crippen MR) is 118 cm³/mol. The molecule has 1 aliphatic rings. The highest BCUT2D eigenvalue weighted by molar-refractivity contribution is 5.97. The quantitative estimate of drug-likeness (QED) is 0.256. The van der Waals surface area contributed by atoms with Gasteiger partial charge in [0.2, 0.25) is 40.7 Å². The number of hydrogen-bond donors (Lipinski definition) is 1. The molecule has 188 valence electrons. The Morgan fingerprint density at radius 2 is 1.56 bits per heavy atom. The fourth-order valence-electron chi connectivity index (χ4n) is 3.72. The van der Waals surface area contributed by atoms with E-state index in [-0.39, 0.29) is 18.0 Å². The van der Waals surface area contributed by atoms with Crippen molar-refractivity contribution in [3.8, 4) is 11.5 Å². The maximum Gasteiger partial charge on any atom is 0.410 e. The van der Waals surface area contributed by atoms with Crippen LogP contribution in [0.4, 0.5) is 32.4 Å². The molecule has 1 unspecified atom stereocenters. The lowest BCUT2D eigenvalue weighted by Gasteiger charge is -2.23. The van der Waals surface area contributed by atoms with Crippen LogP contribution in [0.2, 0.25) is 0 Å². The Hall–Kier alpha value is -4.15. The lowest BCUT2D eigenvalue weighted by atomic mass is 10.2. The number of amides is 2. The maximum atomic E-state index is 13.9. The molecule has 6 nitrogen and oxygen atoms in total. The molecule has 0 radical (unpaired) electrons. The summed E-state index contributed by atoms with van der Waals surface area (Å²) >= 11 is 0. The standard InChI is InChI=1S/C25H19F5N2O4/c26-18-19(27)21(29)23(22(30)20(18)28)36-16-9-4-8-15(12-16)31-24(33)17-10-5-11-32(17)25(34)35-13-14-6-2-1-3-7-14/h1-4,6-9,12,17H,5,10-11,13H2,(H,31,33). The molecule has 1 atom stereocenters. The molecule has 3 aromatic carbocycles. The third-order valence-electron chi connectivity index (χ3n) is 5.49. The number of ether oxygens (including phenoxy) is 2. The smallest absolute Gasteiger partial charge is 0.410 e. The molecule has 0 aliphatic carbocycles. The fourth-order valence-corrected chi connectivity index (χ4v) is 3.72. The van der Waals surface area contributed by atoms with Crippen LogP contribution in [0, 0.1) is 29.1 Å². The van der Waals surface area contributed by atoms with E-state index in [4.69, 9.17) is 9.47 Å². The Morgan fingerprint density at radius 3 is 2.25 bits per heavy atom. The Labute approximate surface area is 202 Å². The number of halogens is 5. The first-order chi connectivity index (χ1) is 17.3. The molecule has 1 heterocycles. The van der Waals surface area contributed by atoms with E-state index in [1.54, 1.807) is 24.3 Å². The van der Waals surface area contributed by atoms with Crippen LogP contribution in [0.15, 0.2) is 54.6 Å². The number of nitrogens with one attached hydrogen (secondary N) is 1. The van der Waals surface area contributed by atoms with Gasteiger partial charge in [-0.15, -0.1) is 0 Å². The molecule has 0 aromatic heterocycles. The number of nitrogens with zero attached hydrogens (tertiary/aromatic N) is 1. The van der Waals surface area contributed by atoms with Gasteiger partial charge in [-0.3, -0.25) is 9.69 Å². The van der Waals surface area contributed by atoms with Gasteiger partial charge in [0.15, 0.2) is 0 Å². The highest BCUT2D eigenvalue weighted by Gasteiger charge is 2.35. The van der Waals surface area contributed by atoms with Crippen LogP contribution in [0.1, 0.15) is 18.4 Å². The van der Waals surface area contributed by atoms with Crippen molar-refractivity contribution in [1.82, 2.24) is 4.90 Å². The predicted octanol–water partition coefficient (Wildman–Crippen LogP) is 5.91. The Balaban J connectivity index is 1.43. The van der Waals surface area contributed by atoms with Crippen LogP contribution in [-0.4, -0.2) is 29.5 Å². The molecule has 0 spiro atoms. The number of rotatable bonds is 6. The Kier molecular flexibility index (Phi) is 7.37. The SMILES string of the molecule is O=C(Nc1cccc(Oc2c(F)c(F)c(F)c(F)c2F)c1)C1CCCN1C(=O)OCc1ccccc1. The first kappa shape index (κ1) is 25.0. The normalized spacial score (nSPS) is 15.0. The van der Waals surface area contributed by atoms with E-state index in [9.17, 15) is 31.5 Å². The van der Waals surface area contributed by atoms with E-state index in [0.717, 1.165) is 11.6 Å². The van der Waals surface area contributed by atoms with Gasteiger partial charge in [0.05, 0.1) is 0 Å². The van der Waals surface area contributed by atoms with E-state index < -0.39 is 52.9 Å². The summed E-state index contributed by atoms with van der Waals surface area (Å²) in [7, 11) is 0. The number of hydrogen-bond acceptors (Lipinski definition) is 4. The molecule has 1 fully saturated rings. The largest absolute Gasteiger partial charge is 0.451 e. The van der Waals surface area contributed by atoms with Gasteiger partial charge in [0.25, 0.3) is 0 Å². The number of carbonyl (C=O) groups excluding carboxylic acids is 2. The van der Waals surface area contributed by atoms with Crippen molar-refractivity contribution in [2.75, 3.05) is 11.9 Å². The summed E-state index contributed by atoms with van der Waals surface area (Å²) in [6.07, 6.45) is 0.300. The maximum absolute atomic E-state index is 13.9. The van der Waals surface area contributed by atoms with Gasteiger partial charge < -0.3 is 14.8 Å². The summed E-state index contributed by atoms with van der Waals surface area (Å²) in [6.45, 7) is 0.358. The number of carbonyl (C=O) groups is 2. The summed E-state index contributed by atoms with van der Waals surface area (Å²) in [5.41, 5.74) is 0.905. The first-order valence-corrected chi connectivity index (χ1v) is 10.8. The highest BCUT2D eigenvalue weighted by Crippen LogP contribution is 2.33. The Morgan fingerprint density at radius 1 is 0.889 bits per heavy atom. The summed E-state index contributed by atoms with van der Waals surface area (Å²) < 4.78 is 78.2. The van der Waals surface area contributed by atoms with E-state index in [2.05, 4.69) is 5.32 Å². The molecule has 1 N–H and O–H groups in total. The van der Waals surface area contributed by atoms with Gasteiger partial charge in [-0.05, 0) is 30.5 Å². The molecular formula is C25H19F5N2O4. The van der Waals surface area contributed by atoms with Crippen molar-refractivity contribution in [2.45, 2.75) is 25.5 Å². The minimum atomic E-state index is -2.30. The molecule has 11 heteroatoms. The van der Waals surface area contributed by atoms with Crippen LogP contribution in [0.3, 0.4) is 0 Å². The summed E-state index contributed by atoms with van der Waals surface area (Å²) in [5.74, 6) is -13.2. The average molecular weight is 506 g/mol. The van der Waals surface area contributed by atoms with Crippen molar-refractivity contribution < 1.29 is 41.0 Å². The molecular weight excluding hydrogens is 487 g/mol. The van der Waals surface area contributed by atoms with Crippen molar-refractivity contribution >= 4 is 17.7 Å². The summed E-state index contributed by atoms with van der Waals surface area (Å²) in [4.78, 5) is 26.7. The molecule has 2 amide bonds. The van der Waals surface area contributed by atoms with Crippen LogP contribution in [-0.2, 0) is 16.1 Å². The van der Waals surface area contributed by atoms with E-state index in [1.807, 2.05) is 6.07 Å². The highest BCUT2D eigenvalue weighted by atomic mass is 19.2. The zero-order chi connectivity index (χ0) is 25.8. The van der Waals surface area contributed by atoms with Gasteiger partial charge in [-0.25, -0.2) is 18.0 Å². The molecule has 36 heavy (non-hydrogen) atoms. The van der Waals surface area contributed by atoms with Crippen LogP contribution >= 0.6 is 0 Å². The minimum absolute atomic E-state index is 0.0432. The second-order valence-corrected chi connectivity index (χ2v) is 7.91. The van der Waals surface area contributed by atoms with Crippen LogP contribution < -0.4 is 10.1 Å². The van der Waals surface area contributed by atoms with Gasteiger partial charge in [0, 0.05) is 18.3 Å².